The molecule has 0 saturated heterocycles. The van der Waals surface area contributed by atoms with Crippen molar-refractivity contribution in [2.24, 2.45) is 0 Å². The minimum atomic E-state index is -0.104. The summed E-state index contributed by atoms with van der Waals surface area (Å²) in [6.45, 7) is 6.78. The molecule has 0 amide bonds. The van der Waals surface area contributed by atoms with Gasteiger partial charge in [-0.1, -0.05) is 20.8 Å². The van der Waals surface area contributed by atoms with Crippen molar-refractivity contribution in [1.29, 1.82) is 0 Å². The third kappa shape index (κ3) is 2.61. The fraction of sp³-hybridized carbons (Fsp3) is 0.455. The lowest BCUT2D eigenvalue weighted by molar-refractivity contribution is 0.508. The molecule has 6 heteroatoms. The van der Waals surface area contributed by atoms with Crippen molar-refractivity contribution in [2.45, 2.75) is 32.7 Å². The molecule has 0 fully saturated rings. The van der Waals surface area contributed by atoms with E-state index in [2.05, 4.69) is 40.9 Å². The Labute approximate surface area is 105 Å². The zero-order valence-corrected chi connectivity index (χ0v) is 10.8. The Bertz CT molecular complexity index is 500. The Kier molecular flexibility index (Phi) is 3.11. The first-order valence-corrected chi connectivity index (χ1v) is 5.70. The van der Waals surface area contributed by atoms with Crippen molar-refractivity contribution < 1.29 is 0 Å². The number of hydrogen-bond donors (Lipinski definition) is 0. The Balaban J connectivity index is 2.36. The van der Waals surface area contributed by atoms with E-state index in [1.54, 1.807) is 6.20 Å². The van der Waals surface area contributed by atoms with Gasteiger partial charge in [-0.05, 0) is 17.7 Å². The molecular formula is C11H14ClN5. The average Bonchev–Trinajstić information content (AvgIpc) is 2.62. The Morgan fingerprint density at radius 3 is 2.65 bits per heavy atom. The van der Waals surface area contributed by atoms with Gasteiger partial charge in [0.1, 0.15) is 12.2 Å². The number of nitrogens with zero attached hydrogens (tertiary/aromatic N) is 5. The Hall–Kier alpha value is -1.49. The molecule has 0 spiro atoms. The largest absolute Gasteiger partial charge is 0.295 e. The summed E-state index contributed by atoms with van der Waals surface area (Å²) in [6, 6.07) is 1.85. The zero-order chi connectivity index (χ0) is 12.5. The highest BCUT2D eigenvalue weighted by Gasteiger charge is 2.23. The SMILES string of the molecule is CC(C)(C)c1nnc(Cl)n1Cc1ccncn1. The maximum atomic E-state index is 6.05. The van der Waals surface area contributed by atoms with E-state index in [-0.39, 0.29) is 5.41 Å². The molecule has 0 aromatic carbocycles. The molecule has 0 aliphatic carbocycles. The van der Waals surface area contributed by atoms with Gasteiger partial charge in [-0.2, -0.15) is 0 Å². The van der Waals surface area contributed by atoms with Gasteiger partial charge >= 0.3 is 0 Å². The Morgan fingerprint density at radius 1 is 1.29 bits per heavy atom. The molecule has 0 bridgehead atoms. The highest BCUT2D eigenvalue weighted by atomic mass is 35.5. The van der Waals surface area contributed by atoms with Crippen LogP contribution in [-0.2, 0) is 12.0 Å². The van der Waals surface area contributed by atoms with Gasteiger partial charge in [0, 0.05) is 11.6 Å². The number of halogens is 1. The predicted octanol–water partition coefficient (Wildman–Crippen LogP) is 2.07. The van der Waals surface area contributed by atoms with E-state index in [0.29, 0.717) is 11.8 Å². The molecule has 2 heterocycles. The van der Waals surface area contributed by atoms with Gasteiger partial charge < -0.3 is 0 Å². The van der Waals surface area contributed by atoms with Crippen molar-refractivity contribution in [1.82, 2.24) is 24.7 Å². The lowest BCUT2D eigenvalue weighted by Crippen LogP contribution is -2.20. The summed E-state index contributed by atoms with van der Waals surface area (Å²) < 4.78 is 1.86. The van der Waals surface area contributed by atoms with Crippen LogP contribution in [0.3, 0.4) is 0 Å². The van der Waals surface area contributed by atoms with Gasteiger partial charge in [-0.15, -0.1) is 10.2 Å². The summed E-state index contributed by atoms with van der Waals surface area (Å²) in [6.07, 6.45) is 3.22. The van der Waals surface area contributed by atoms with Gasteiger partial charge in [0.05, 0.1) is 12.2 Å². The molecule has 0 atom stereocenters. The van der Waals surface area contributed by atoms with Crippen LogP contribution in [0.4, 0.5) is 0 Å². The van der Waals surface area contributed by atoms with Crippen molar-refractivity contribution in [3.8, 4) is 0 Å². The topological polar surface area (TPSA) is 56.5 Å². The molecule has 0 aliphatic rings. The smallest absolute Gasteiger partial charge is 0.225 e. The highest BCUT2D eigenvalue weighted by molar-refractivity contribution is 6.28. The molecule has 5 nitrogen and oxygen atoms in total. The molecule has 90 valence electrons. The van der Waals surface area contributed by atoms with Crippen LogP contribution in [0, 0.1) is 0 Å². The molecule has 17 heavy (non-hydrogen) atoms. The van der Waals surface area contributed by atoms with Crippen molar-refractivity contribution >= 4 is 11.6 Å². The molecule has 2 aromatic rings. The van der Waals surface area contributed by atoms with E-state index in [0.717, 1.165) is 11.5 Å². The monoisotopic (exact) mass is 251 g/mol. The average molecular weight is 252 g/mol. The lowest BCUT2D eigenvalue weighted by Gasteiger charge is -2.18. The maximum Gasteiger partial charge on any atom is 0.225 e. The zero-order valence-electron chi connectivity index (χ0n) is 10.1. The highest BCUT2D eigenvalue weighted by Crippen LogP contribution is 2.23. The van der Waals surface area contributed by atoms with Crippen LogP contribution in [0.5, 0.6) is 0 Å². The minimum absolute atomic E-state index is 0.104. The van der Waals surface area contributed by atoms with Gasteiger partial charge in [0.2, 0.25) is 5.28 Å². The summed E-state index contributed by atoms with van der Waals surface area (Å²) in [4.78, 5) is 8.06. The number of aromatic nitrogens is 5. The lowest BCUT2D eigenvalue weighted by atomic mass is 9.96. The van der Waals surface area contributed by atoms with Crippen LogP contribution >= 0.6 is 11.6 Å². The fourth-order valence-electron chi connectivity index (χ4n) is 1.55. The van der Waals surface area contributed by atoms with E-state index in [9.17, 15) is 0 Å². The first kappa shape index (κ1) is 12.0. The van der Waals surface area contributed by atoms with E-state index in [4.69, 9.17) is 11.6 Å². The van der Waals surface area contributed by atoms with Crippen LogP contribution in [0.1, 0.15) is 32.3 Å². The molecule has 0 aliphatic heterocycles. The minimum Gasteiger partial charge on any atom is -0.295 e. The van der Waals surface area contributed by atoms with Crippen molar-refractivity contribution in [3.05, 3.63) is 35.4 Å². The van der Waals surface area contributed by atoms with Crippen molar-refractivity contribution in [3.63, 3.8) is 0 Å². The predicted molar refractivity (Wildman–Crippen MR) is 64.9 cm³/mol. The van der Waals surface area contributed by atoms with Crippen LogP contribution in [0.25, 0.3) is 0 Å². The maximum absolute atomic E-state index is 6.05. The van der Waals surface area contributed by atoms with Gasteiger partial charge in [-0.3, -0.25) is 4.57 Å². The second kappa shape index (κ2) is 4.41. The second-order valence-electron chi connectivity index (χ2n) is 4.83. The molecule has 2 aromatic heterocycles. The van der Waals surface area contributed by atoms with E-state index >= 15 is 0 Å². The van der Waals surface area contributed by atoms with Crippen LogP contribution in [0.15, 0.2) is 18.6 Å². The normalized spacial score (nSPS) is 11.8. The third-order valence-corrected chi connectivity index (χ3v) is 2.62. The summed E-state index contributed by atoms with van der Waals surface area (Å²) >= 11 is 6.05. The van der Waals surface area contributed by atoms with E-state index in [1.807, 2.05) is 10.6 Å². The van der Waals surface area contributed by atoms with Crippen molar-refractivity contribution in [2.75, 3.05) is 0 Å². The van der Waals surface area contributed by atoms with Crippen LogP contribution in [-0.4, -0.2) is 24.7 Å². The summed E-state index contributed by atoms with van der Waals surface area (Å²) in [5.74, 6) is 0.848. The molecule has 0 N–H and O–H groups in total. The standard InChI is InChI=1S/C11H14ClN5/c1-11(2,3)9-15-16-10(12)17(9)6-8-4-5-13-7-14-8/h4-5,7H,6H2,1-3H3. The van der Waals surface area contributed by atoms with Gasteiger partial charge in [-0.25, -0.2) is 9.97 Å². The van der Waals surface area contributed by atoms with Gasteiger partial charge in [0.25, 0.3) is 0 Å². The second-order valence-corrected chi connectivity index (χ2v) is 5.17. The quantitative estimate of drug-likeness (QED) is 0.820. The summed E-state index contributed by atoms with van der Waals surface area (Å²) in [5, 5.41) is 8.42. The Morgan fingerprint density at radius 2 is 2.06 bits per heavy atom. The molecule has 0 radical (unpaired) electrons. The number of hydrogen-bond acceptors (Lipinski definition) is 4. The summed E-state index contributed by atoms with van der Waals surface area (Å²) in [5.41, 5.74) is 0.778. The van der Waals surface area contributed by atoms with Crippen LogP contribution < -0.4 is 0 Å². The molecule has 0 saturated carbocycles. The molecule has 2 rings (SSSR count). The van der Waals surface area contributed by atoms with E-state index in [1.165, 1.54) is 6.33 Å². The first-order chi connectivity index (χ1) is 7.98. The fourth-order valence-corrected chi connectivity index (χ4v) is 1.73. The molecular weight excluding hydrogens is 238 g/mol. The van der Waals surface area contributed by atoms with Crippen LogP contribution in [0.2, 0.25) is 5.28 Å². The third-order valence-electron chi connectivity index (χ3n) is 2.34. The summed E-state index contributed by atoms with van der Waals surface area (Å²) in [7, 11) is 0. The van der Waals surface area contributed by atoms with E-state index < -0.39 is 0 Å². The first-order valence-electron chi connectivity index (χ1n) is 5.32. The molecule has 0 unspecified atom stereocenters. The number of rotatable bonds is 2. The van der Waals surface area contributed by atoms with Gasteiger partial charge in [0.15, 0.2) is 0 Å².